The van der Waals surface area contributed by atoms with Crippen LogP contribution in [-0.2, 0) is 9.05 Å². The van der Waals surface area contributed by atoms with Gasteiger partial charge in [0.15, 0.2) is 5.78 Å². The van der Waals surface area contributed by atoms with Crippen molar-refractivity contribution in [2.45, 2.75) is 11.1 Å². The van der Waals surface area contributed by atoms with Gasteiger partial charge < -0.3 is 0 Å². The highest BCUT2D eigenvalue weighted by Gasteiger charge is 2.19. The van der Waals surface area contributed by atoms with Gasteiger partial charge in [-0.3, -0.25) is 4.79 Å². The van der Waals surface area contributed by atoms with E-state index in [4.69, 9.17) is 10.7 Å². The van der Waals surface area contributed by atoms with Crippen LogP contribution in [0.5, 0.6) is 0 Å². The zero-order chi connectivity index (χ0) is 9.35. The van der Waals surface area contributed by atoms with Gasteiger partial charge in [0.25, 0.3) is 9.05 Å². The van der Waals surface area contributed by atoms with Crippen LogP contribution in [0.2, 0.25) is 0 Å². The molecule has 66 valence electrons. The van der Waals surface area contributed by atoms with Gasteiger partial charge in [0.1, 0.15) is 4.21 Å². The first-order chi connectivity index (χ1) is 5.43. The van der Waals surface area contributed by atoms with Gasteiger partial charge in [0.2, 0.25) is 0 Å². The lowest BCUT2D eigenvalue weighted by molar-refractivity contribution is 0.101. The number of carbonyl (C=O) groups is 1. The molecule has 0 aromatic carbocycles. The average Bonchev–Trinajstić information content (AvgIpc) is 2.30. The van der Waals surface area contributed by atoms with Gasteiger partial charge >= 0.3 is 0 Å². The Hall–Kier alpha value is -0.390. The largest absolute Gasteiger partial charge is 0.294 e. The molecule has 0 aliphatic rings. The Bertz CT molecular complexity index is 404. The summed E-state index contributed by atoms with van der Waals surface area (Å²) in [5.74, 6) is -0.296. The summed E-state index contributed by atoms with van der Waals surface area (Å²) in [6, 6.07) is 1.45. The monoisotopic (exact) mass is 224 g/mol. The quantitative estimate of drug-likeness (QED) is 0.569. The highest BCUT2D eigenvalue weighted by Crippen LogP contribution is 2.26. The molecule has 1 aromatic rings. The Labute approximate surface area is 78.4 Å². The number of carbonyl (C=O) groups excluding carboxylic acids is 1. The van der Waals surface area contributed by atoms with Crippen molar-refractivity contribution in [1.29, 1.82) is 0 Å². The minimum Gasteiger partial charge on any atom is -0.294 e. The molecule has 1 aromatic heterocycles. The van der Waals surface area contributed by atoms with E-state index < -0.39 is 9.05 Å². The number of thiophene rings is 1. The van der Waals surface area contributed by atoms with Gasteiger partial charge in [0, 0.05) is 16.2 Å². The third-order valence-corrected chi connectivity index (χ3v) is 4.28. The van der Waals surface area contributed by atoms with Gasteiger partial charge in [0.05, 0.1) is 0 Å². The van der Waals surface area contributed by atoms with Crippen LogP contribution < -0.4 is 0 Å². The fourth-order valence-electron chi connectivity index (χ4n) is 0.745. The lowest BCUT2D eigenvalue weighted by Gasteiger charge is -1.93. The lowest BCUT2D eigenvalue weighted by Crippen LogP contribution is -1.97. The number of Topliss-reactive ketones (excluding diaryl/α,β-unsaturated/α-hetero) is 1. The standard InChI is InChI=1S/C6H5ClO3S2/c1-4(8)5-2-3-11-6(5)12(7,9)10/h2-3H,1H3. The predicted molar refractivity (Wildman–Crippen MR) is 47.4 cm³/mol. The van der Waals surface area contributed by atoms with Crippen molar-refractivity contribution < 1.29 is 13.2 Å². The first kappa shape index (κ1) is 9.70. The second-order valence-corrected chi connectivity index (χ2v) is 5.79. The van der Waals surface area contributed by atoms with Crippen LogP contribution in [-0.4, -0.2) is 14.2 Å². The maximum atomic E-state index is 10.9. The third kappa shape index (κ3) is 1.85. The number of ketones is 1. The lowest BCUT2D eigenvalue weighted by atomic mass is 10.2. The average molecular weight is 225 g/mol. The summed E-state index contributed by atoms with van der Waals surface area (Å²) in [5.41, 5.74) is 0.162. The number of halogens is 1. The first-order valence-corrected chi connectivity index (χ1v) is 6.15. The molecule has 0 fully saturated rings. The SMILES string of the molecule is CC(=O)c1ccsc1S(=O)(=O)Cl. The van der Waals surface area contributed by atoms with Gasteiger partial charge in [-0.05, 0) is 18.4 Å². The maximum absolute atomic E-state index is 10.9. The molecule has 0 bridgehead atoms. The molecule has 12 heavy (non-hydrogen) atoms. The van der Waals surface area contributed by atoms with Crippen LogP contribution in [0.3, 0.4) is 0 Å². The molecular weight excluding hydrogens is 220 g/mol. The topological polar surface area (TPSA) is 51.2 Å². The summed E-state index contributed by atoms with van der Waals surface area (Å²) < 4.78 is 21.6. The van der Waals surface area contributed by atoms with Crippen LogP contribution >= 0.6 is 22.0 Å². The summed E-state index contributed by atoms with van der Waals surface area (Å²) in [7, 11) is 1.31. The van der Waals surface area contributed by atoms with Gasteiger partial charge in [-0.25, -0.2) is 8.42 Å². The summed E-state index contributed by atoms with van der Waals surface area (Å²) >= 11 is 0.944. The Morgan fingerprint density at radius 3 is 2.50 bits per heavy atom. The first-order valence-electron chi connectivity index (χ1n) is 2.96. The molecule has 1 heterocycles. The maximum Gasteiger partial charge on any atom is 0.271 e. The summed E-state index contributed by atoms with van der Waals surface area (Å²) in [5, 5.41) is 1.52. The van der Waals surface area contributed by atoms with Crippen LogP contribution in [0.15, 0.2) is 15.7 Å². The molecule has 6 heteroatoms. The van der Waals surface area contributed by atoms with Crippen molar-refractivity contribution in [1.82, 2.24) is 0 Å². The molecule has 0 amide bonds. The van der Waals surface area contributed by atoms with E-state index >= 15 is 0 Å². The highest BCUT2D eigenvalue weighted by molar-refractivity contribution is 8.15. The smallest absolute Gasteiger partial charge is 0.271 e. The van der Waals surface area contributed by atoms with Crippen molar-refractivity contribution in [3.05, 3.63) is 17.0 Å². The molecule has 0 atom stereocenters. The van der Waals surface area contributed by atoms with Crippen molar-refractivity contribution in [2.24, 2.45) is 0 Å². The second kappa shape index (κ2) is 3.16. The van der Waals surface area contributed by atoms with E-state index in [1.807, 2.05) is 0 Å². The molecular formula is C6H5ClO3S2. The van der Waals surface area contributed by atoms with E-state index in [1.165, 1.54) is 18.4 Å². The van der Waals surface area contributed by atoms with Crippen LogP contribution in [0.4, 0.5) is 0 Å². The van der Waals surface area contributed by atoms with Gasteiger partial charge in [-0.2, -0.15) is 0 Å². The van der Waals surface area contributed by atoms with Crippen molar-refractivity contribution >= 4 is 36.9 Å². The van der Waals surface area contributed by atoms with E-state index in [1.54, 1.807) is 0 Å². The molecule has 0 N–H and O–H groups in total. The molecule has 1 rings (SSSR count). The molecule has 0 spiro atoms. The van der Waals surface area contributed by atoms with E-state index in [2.05, 4.69) is 0 Å². The van der Waals surface area contributed by atoms with Gasteiger partial charge in [-0.1, -0.05) is 0 Å². The molecule has 0 saturated heterocycles. The van der Waals surface area contributed by atoms with E-state index in [0.29, 0.717) is 0 Å². The minimum absolute atomic E-state index is 0.0725. The van der Waals surface area contributed by atoms with Crippen molar-refractivity contribution in [3.63, 3.8) is 0 Å². The Morgan fingerprint density at radius 2 is 2.17 bits per heavy atom. The molecule has 0 saturated carbocycles. The predicted octanol–water partition coefficient (Wildman–Crippen LogP) is 1.88. The molecule has 0 radical (unpaired) electrons. The highest BCUT2D eigenvalue weighted by atomic mass is 35.7. The van der Waals surface area contributed by atoms with Crippen molar-refractivity contribution in [2.75, 3.05) is 0 Å². The summed E-state index contributed by atoms with van der Waals surface area (Å²) in [4.78, 5) is 10.9. The molecule has 0 unspecified atom stereocenters. The summed E-state index contributed by atoms with van der Waals surface area (Å²) in [6.45, 7) is 1.30. The minimum atomic E-state index is -3.77. The normalized spacial score (nSPS) is 11.5. The fraction of sp³-hybridized carbons (Fsp3) is 0.167. The zero-order valence-electron chi connectivity index (χ0n) is 6.07. The molecule has 0 aliphatic carbocycles. The number of hydrogen-bond donors (Lipinski definition) is 0. The number of hydrogen-bond acceptors (Lipinski definition) is 4. The Kier molecular flexibility index (Phi) is 2.55. The zero-order valence-corrected chi connectivity index (χ0v) is 8.46. The molecule has 0 aliphatic heterocycles. The summed E-state index contributed by atoms with van der Waals surface area (Å²) in [6.07, 6.45) is 0. The Balaban J connectivity index is 3.36. The number of rotatable bonds is 2. The van der Waals surface area contributed by atoms with Gasteiger partial charge in [-0.15, -0.1) is 11.3 Å². The van der Waals surface area contributed by atoms with Crippen LogP contribution in [0.25, 0.3) is 0 Å². The van der Waals surface area contributed by atoms with Crippen molar-refractivity contribution in [3.8, 4) is 0 Å². The van der Waals surface area contributed by atoms with E-state index in [9.17, 15) is 13.2 Å². The van der Waals surface area contributed by atoms with E-state index in [-0.39, 0.29) is 15.6 Å². The van der Waals surface area contributed by atoms with Crippen LogP contribution in [0, 0.1) is 0 Å². The fourth-order valence-corrected chi connectivity index (χ4v) is 3.09. The second-order valence-electron chi connectivity index (χ2n) is 2.12. The van der Waals surface area contributed by atoms with E-state index in [0.717, 1.165) is 11.3 Å². The Morgan fingerprint density at radius 1 is 1.58 bits per heavy atom. The molecule has 3 nitrogen and oxygen atoms in total. The third-order valence-electron chi connectivity index (χ3n) is 1.23. The van der Waals surface area contributed by atoms with Crippen LogP contribution in [0.1, 0.15) is 17.3 Å².